The van der Waals surface area contributed by atoms with Crippen molar-refractivity contribution in [3.05, 3.63) is 47.5 Å². The summed E-state index contributed by atoms with van der Waals surface area (Å²) >= 11 is 0. The zero-order valence-electron chi connectivity index (χ0n) is 10.5. The Hall–Kier alpha value is -1.86. The third-order valence-corrected chi connectivity index (χ3v) is 2.87. The van der Waals surface area contributed by atoms with Crippen molar-refractivity contribution in [3.8, 4) is 0 Å². The van der Waals surface area contributed by atoms with Crippen molar-refractivity contribution in [3.63, 3.8) is 0 Å². The van der Waals surface area contributed by atoms with E-state index in [2.05, 4.69) is 15.5 Å². The molecule has 1 heterocycles. The molecule has 1 unspecified atom stereocenters. The van der Waals surface area contributed by atoms with Crippen LogP contribution in [0.1, 0.15) is 24.4 Å². The first kappa shape index (κ1) is 13.6. The average Bonchev–Trinajstić information content (AvgIpc) is 2.81. The SMILES string of the molecule is CCn1ncnc1CC(NN)c1cc(F)cc(F)c1. The summed E-state index contributed by atoms with van der Waals surface area (Å²) in [5, 5.41) is 4.04. The monoisotopic (exact) mass is 267 g/mol. The molecule has 102 valence electrons. The van der Waals surface area contributed by atoms with Crippen LogP contribution in [0.5, 0.6) is 0 Å². The maximum absolute atomic E-state index is 13.2. The molecule has 1 aromatic carbocycles. The number of nitrogens with two attached hydrogens (primary N) is 1. The topological polar surface area (TPSA) is 68.8 Å². The minimum atomic E-state index is -0.632. The highest BCUT2D eigenvalue weighted by molar-refractivity contribution is 5.22. The van der Waals surface area contributed by atoms with Gasteiger partial charge in [-0.05, 0) is 24.6 Å². The van der Waals surface area contributed by atoms with Gasteiger partial charge in [-0.3, -0.25) is 16.0 Å². The van der Waals surface area contributed by atoms with E-state index < -0.39 is 17.7 Å². The number of aryl methyl sites for hydroxylation is 1. The van der Waals surface area contributed by atoms with Crippen LogP contribution in [0.25, 0.3) is 0 Å². The molecule has 0 fully saturated rings. The number of hydrazine groups is 1. The molecule has 0 aliphatic heterocycles. The van der Waals surface area contributed by atoms with Crippen molar-refractivity contribution in [1.82, 2.24) is 20.2 Å². The van der Waals surface area contributed by atoms with Crippen LogP contribution >= 0.6 is 0 Å². The van der Waals surface area contributed by atoms with Gasteiger partial charge < -0.3 is 0 Å². The van der Waals surface area contributed by atoms with Gasteiger partial charge in [0, 0.05) is 19.0 Å². The van der Waals surface area contributed by atoms with Gasteiger partial charge in [-0.15, -0.1) is 0 Å². The molecule has 1 aromatic heterocycles. The first-order chi connectivity index (χ1) is 9.13. The molecule has 7 heteroatoms. The standard InChI is InChI=1S/C12H15F2N5/c1-2-19-12(16-7-17-19)6-11(18-15)8-3-9(13)5-10(14)4-8/h3-5,7,11,18H,2,6,15H2,1H3. The predicted octanol–water partition coefficient (Wildman–Crippen LogP) is 1.32. The van der Waals surface area contributed by atoms with Crippen molar-refractivity contribution in [2.45, 2.75) is 25.9 Å². The lowest BCUT2D eigenvalue weighted by Gasteiger charge is -2.16. The third kappa shape index (κ3) is 3.12. The summed E-state index contributed by atoms with van der Waals surface area (Å²) in [6.07, 6.45) is 1.84. The molecule has 2 aromatic rings. The van der Waals surface area contributed by atoms with E-state index >= 15 is 0 Å². The molecule has 0 aliphatic carbocycles. The highest BCUT2D eigenvalue weighted by atomic mass is 19.1. The van der Waals surface area contributed by atoms with Crippen LogP contribution in [-0.2, 0) is 13.0 Å². The quantitative estimate of drug-likeness (QED) is 0.633. The van der Waals surface area contributed by atoms with E-state index in [1.165, 1.54) is 18.5 Å². The Bertz CT molecular complexity index is 535. The van der Waals surface area contributed by atoms with E-state index in [4.69, 9.17) is 5.84 Å². The largest absolute Gasteiger partial charge is 0.271 e. The molecule has 0 saturated heterocycles. The Labute approximate surface area is 109 Å². The number of halogens is 2. The number of hydrogen-bond acceptors (Lipinski definition) is 4. The fraction of sp³-hybridized carbons (Fsp3) is 0.333. The average molecular weight is 267 g/mol. The maximum atomic E-state index is 13.2. The van der Waals surface area contributed by atoms with Crippen LogP contribution in [0.15, 0.2) is 24.5 Å². The second-order valence-electron chi connectivity index (χ2n) is 4.12. The lowest BCUT2D eigenvalue weighted by Crippen LogP contribution is -2.30. The van der Waals surface area contributed by atoms with Crippen molar-refractivity contribution < 1.29 is 8.78 Å². The molecule has 0 saturated carbocycles. The van der Waals surface area contributed by atoms with E-state index in [9.17, 15) is 8.78 Å². The minimum absolute atomic E-state index is 0.396. The number of nitrogens with one attached hydrogen (secondary N) is 1. The van der Waals surface area contributed by atoms with Crippen LogP contribution < -0.4 is 11.3 Å². The molecule has 0 aliphatic rings. The Morgan fingerprint density at radius 1 is 1.32 bits per heavy atom. The molecule has 0 spiro atoms. The van der Waals surface area contributed by atoms with E-state index in [1.807, 2.05) is 6.92 Å². The fourth-order valence-corrected chi connectivity index (χ4v) is 1.94. The smallest absolute Gasteiger partial charge is 0.138 e. The second kappa shape index (κ2) is 5.85. The maximum Gasteiger partial charge on any atom is 0.138 e. The van der Waals surface area contributed by atoms with Gasteiger partial charge in [-0.1, -0.05) is 0 Å². The summed E-state index contributed by atoms with van der Waals surface area (Å²) in [5.74, 6) is 4.90. The van der Waals surface area contributed by atoms with Crippen LogP contribution in [0.2, 0.25) is 0 Å². The summed E-state index contributed by atoms with van der Waals surface area (Å²) in [7, 11) is 0. The van der Waals surface area contributed by atoms with Gasteiger partial charge in [0.25, 0.3) is 0 Å². The number of benzene rings is 1. The molecule has 3 N–H and O–H groups in total. The number of nitrogens with zero attached hydrogens (tertiary/aromatic N) is 3. The lowest BCUT2D eigenvalue weighted by atomic mass is 10.0. The van der Waals surface area contributed by atoms with Gasteiger partial charge in [-0.25, -0.2) is 13.8 Å². The van der Waals surface area contributed by atoms with Crippen molar-refractivity contribution in [1.29, 1.82) is 0 Å². The normalized spacial score (nSPS) is 12.6. The molecule has 1 atom stereocenters. The molecule has 0 bridgehead atoms. The molecule has 5 nitrogen and oxygen atoms in total. The molecular formula is C12H15F2N5. The zero-order valence-corrected chi connectivity index (χ0v) is 10.5. The summed E-state index contributed by atoms with van der Waals surface area (Å²) < 4.78 is 28.1. The molecule has 19 heavy (non-hydrogen) atoms. The van der Waals surface area contributed by atoms with Gasteiger partial charge in [0.15, 0.2) is 0 Å². The number of rotatable bonds is 5. The first-order valence-electron chi connectivity index (χ1n) is 5.92. The number of hydrogen-bond donors (Lipinski definition) is 2. The van der Waals surface area contributed by atoms with Crippen LogP contribution in [0, 0.1) is 11.6 Å². The molecular weight excluding hydrogens is 252 g/mol. The lowest BCUT2D eigenvalue weighted by molar-refractivity contribution is 0.500. The van der Waals surface area contributed by atoms with E-state index in [-0.39, 0.29) is 0 Å². The Morgan fingerprint density at radius 2 is 2.00 bits per heavy atom. The van der Waals surface area contributed by atoms with Gasteiger partial charge >= 0.3 is 0 Å². The number of aromatic nitrogens is 3. The molecule has 2 rings (SSSR count). The van der Waals surface area contributed by atoms with Crippen LogP contribution in [-0.4, -0.2) is 14.8 Å². The van der Waals surface area contributed by atoms with Gasteiger partial charge in [0.2, 0.25) is 0 Å². The minimum Gasteiger partial charge on any atom is -0.271 e. The van der Waals surface area contributed by atoms with Gasteiger partial charge in [0.05, 0.1) is 6.04 Å². The van der Waals surface area contributed by atoms with Gasteiger partial charge in [-0.2, -0.15) is 5.10 Å². The van der Waals surface area contributed by atoms with Gasteiger partial charge in [0.1, 0.15) is 23.8 Å². The van der Waals surface area contributed by atoms with E-state index in [0.717, 1.165) is 6.07 Å². The Balaban J connectivity index is 2.25. The Morgan fingerprint density at radius 3 is 2.58 bits per heavy atom. The van der Waals surface area contributed by atoms with E-state index in [0.29, 0.717) is 24.4 Å². The summed E-state index contributed by atoms with van der Waals surface area (Å²) in [4.78, 5) is 4.11. The highest BCUT2D eigenvalue weighted by Crippen LogP contribution is 2.19. The third-order valence-electron chi connectivity index (χ3n) is 2.87. The second-order valence-corrected chi connectivity index (χ2v) is 4.12. The first-order valence-corrected chi connectivity index (χ1v) is 5.92. The van der Waals surface area contributed by atoms with Crippen LogP contribution in [0.4, 0.5) is 8.78 Å². The zero-order chi connectivity index (χ0) is 13.8. The fourth-order valence-electron chi connectivity index (χ4n) is 1.94. The van der Waals surface area contributed by atoms with Crippen molar-refractivity contribution >= 4 is 0 Å². The Kier molecular flexibility index (Phi) is 4.18. The summed E-state index contributed by atoms with van der Waals surface area (Å²) in [6, 6.07) is 2.89. The van der Waals surface area contributed by atoms with E-state index in [1.54, 1.807) is 4.68 Å². The highest BCUT2D eigenvalue weighted by Gasteiger charge is 2.16. The summed E-state index contributed by atoms with van der Waals surface area (Å²) in [6.45, 7) is 2.61. The van der Waals surface area contributed by atoms with Crippen molar-refractivity contribution in [2.24, 2.45) is 5.84 Å². The predicted molar refractivity (Wildman–Crippen MR) is 65.8 cm³/mol. The molecule has 0 radical (unpaired) electrons. The van der Waals surface area contributed by atoms with Crippen molar-refractivity contribution in [2.75, 3.05) is 0 Å². The van der Waals surface area contributed by atoms with Crippen LogP contribution in [0.3, 0.4) is 0 Å². The molecule has 0 amide bonds. The summed E-state index contributed by atoms with van der Waals surface area (Å²) in [5.41, 5.74) is 2.98.